The van der Waals surface area contributed by atoms with Crippen molar-refractivity contribution in [3.63, 3.8) is 0 Å². The molecule has 0 saturated carbocycles. The molecule has 0 saturated heterocycles. The summed E-state index contributed by atoms with van der Waals surface area (Å²) in [5.41, 5.74) is 10.7. The molecule has 0 amide bonds. The van der Waals surface area contributed by atoms with Crippen molar-refractivity contribution in [2.24, 2.45) is 0 Å². The third-order valence-electron chi connectivity index (χ3n) is 7.29. The van der Waals surface area contributed by atoms with Crippen molar-refractivity contribution in [3.8, 4) is 11.3 Å². The van der Waals surface area contributed by atoms with Crippen molar-refractivity contribution in [1.29, 1.82) is 0 Å². The van der Waals surface area contributed by atoms with Crippen molar-refractivity contribution in [1.82, 2.24) is 4.57 Å². The molecule has 0 spiro atoms. The molecule has 0 radical (unpaired) electrons. The van der Waals surface area contributed by atoms with E-state index in [4.69, 9.17) is 0 Å². The van der Waals surface area contributed by atoms with Crippen LogP contribution in [0.25, 0.3) is 22.2 Å². The summed E-state index contributed by atoms with van der Waals surface area (Å²) in [5, 5.41) is 1.51. The van der Waals surface area contributed by atoms with Crippen LogP contribution in [0.2, 0.25) is 0 Å². The van der Waals surface area contributed by atoms with E-state index in [9.17, 15) is 0 Å². The molecule has 0 aliphatic heterocycles. The van der Waals surface area contributed by atoms with Crippen LogP contribution >= 0.6 is 0 Å². The highest BCUT2D eigenvalue weighted by molar-refractivity contribution is 5.98. The maximum atomic E-state index is 2.68. The molecule has 1 aliphatic carbocycles. The lowest BCUT2D eigenvalue weighted by Crippen LogP contribution is -2.25. The number of nitrogens with zero attached hydrogens (tertiary/aromatic N) is 1. The van der Waals surface area contributed by atoms with Crippen molar-refractivity contribution in [3.05, 3.63) is 58.7 Å². The van der Waals surface area contributed by atoms with Crippen LogP contribution in [0.5, 0.6) is 0 Å². The second-order valence-electron chi connectivity index (χ2n) is 9.59. The Balaban J connectivity index is 2.07. The molecule has 160 valence electrons. The first kappa shape index (κ1) is 21.2. The summed E-state index contributed by atoms with van der Waals surface area (Å²) in [6.07, 6.45) is 10.1. The number of hydrogen-bond acceptors (Lipinski definition) is 0. The van der Waals surface area contributed by atoms with E-state index >= 15 is 0 Å². The lowest BCUT2D eigenvalue weighted by molar-refractivity contribution is 0.417. The number of hydrogen-bond donors (Lipinski definition) is 0. The zero-order valence-corrected chi connectivity index (χ0v) is 19.8. The molecule has 0 bridgehead atoms. The monoisotopic (exact) mass is 401 g/mol. The first-order chi connectivity index (χ1) is 14.6. The van der Waals surface area contributed by atoms with Gasteiger partial charge in [0.1, 0.15) is 0 Å². The fraction of sp³-hybridized carbons (Fsp3) is 0.517. The molecule has 0 atom stereocenters. The zero-order valence-electron chi connectivity index (χ0n) is 19.8. The van der Waals surface area contributed by atoms with Crippen LogP contribution in [0.15, 0.2) is 36.4 Å². The zero-order chi connectivity index (χ0) is 21.3. The van der Waals surface area contributed by atoms with Crippen molar-refractivity contribution < 1.29 is 0 Å². The third kappa shape index (κ3) is 3.31. The molecule has 0 unspecified atom stereocenters. The van der Waals surface area contributed by atoms with Gasteiger partial charge in [0, 0.05) is 28.4 Å². The Labute approximate surface area is 183 Å². The van der Waals surface area contributed by atoms with Crippen LogP contribution in [-0.2, 0) is 12.0 Å². The molecule has 1 aromatic heterocycles. The average Bonchev–Trinajstić information content (AvgIpc) is 3.20. The van der Waals surface area contributed by atoms with E-state index in [1.165, 1.54) is 84.7 Å². The number of fused-ring (bicyclic) bond motifs is 5. The average molecular weight is 402 g/mol. The third-order valence-corrected chi connectivity index (χ3v) is 7.29. The maximum Gasteiger partial charge on any atom is 0.0536 e. The van der Waals surface area contributed by atoms with E-state index in [0.29, 0.717) is 0 Å². The molecular weight excluding hydrogens is 362 g/mol. The Bertz CT molecular complexity index is 1030. The van der Waals surface area contributed by atoms with Gasteiger partial charge in [-0.1, -0.05) is 88.8 Å². The van der Waals surface area contributed by atoms with Gasteiger partial charge in [-0.3, -0.25) is 0 Å². The Morgan fingerprint density at radius 3 is 2.07 bits per heavy atom. The molecule has 1 heterocycles. The van der Waals surface area contributed by atoms with Gasteiger partial charge in [0.15, 0.2) is 0 Å². The Kier molecular flexibility index (Phi) is 6.09. The van der Waals surface area contributed by atoms with E-state index in [-0.39, 0.29) is 5.41 Å². The predicted octanol–water partition coefficient (Wildman–Crippen LogP) is 8.71. The summed E-state index contributed by atoms with van der Waals surface area (Å²) < 4.78 is 2.68. The maximum absolute atomic E-state index is 2.68. The minimum absolute atomic E-state index is 0.174. The quantitative estimate of drug-likeness (QED) is 0.338. The summed E-state index contributed by atoms with van der Waals surface area (Å²) in [4.78, 5) is 0. The van der Waals surface area contributed by atoms with Crippen LogP contribution in [0, 0.1) is 13.8 Å². The lowest BCUT2D eigenvalue weighted by atomic mass is 9.70. The minimum Gasteiger partial charge on any atom is -0.340 e. The van der Waals surface area contributed by atoms with E-state index in [2.05, 4.69) is 75.6 Å². The molecule has 1 nitrogen and oxygen atoms in total. The number of unbranched alkanes of at least 4 members (excludes halogenated alkanes) is 3. The lowest BCUT2D eigenvalue weighted by Gasteiger charge is -2.32. The van der Waals surface area contributed by atoms with Crippen molar-refractivity contribution >= 4 is 10.9 Å². The SMILES string of the molecule is CCCCn1c2c(c3ccc(C)cc31)C(CCCC)(CCCC)c1cc(C)ccc1-2. The van der Waals surface area contributed by atoms with Crippen LogP contribution in [0.1, 0.15) is 94.4 Å². The molecule has 1 aliphatic rings. The molecule has 0 N–H and O–H groups in total. The normalized spacial score (nSPS) is 14.3. The number of aromatic nitrogens is 1. The topological polar surface area (TPSA) is 4.93 Å². The first-order valence-corrected chi connectivity index (χ1v) is 12.3. The summed E-state index contributed by atoms with van der Waals surface area (Å²) in [6, 6.07) is 14.5. The molecule has 1 heteroatoms. The second kappa shape index (κ2) is 8.61. The summed E-state index contributed by atoms with van der Waals surface area (Å²) >= 11 is 0. The van der Waals surface area contributed by atoms with Gasteiger partial charge in [-0.05, 0) is 55.9 Å². The molecule has 2 aromatic carbocycles. The van der Waals surface area contributed by atoms with Gasteiger partial charge in [0.2, 0.25) is 0 Å². The number of aryl methyl sites for hydroxylation is 3. The smallest absolute Gasteiger partial charge is 0.0536 e. The second-order valence-corrected chi connectivity index (χ2v) is 9.59. The van der Waals surface area contributed by atoms with Crippen molar-refractivity contribution in [2.75, 3.05) is 0 Å². The highest BCUT2D eigenvalue weighted by atomic mass is 15.0. The van der Waals surface area contributed by atoms with Gasteiger partial charge in [0.05, 0.1) is 5.69 Å². The fourth-order valence-corrected chi connectivity index (χ4v) is 5.77. The van der Waals surface area contributed by atoms with Gasteiger partial charge in [-0.25, -0.2) is 0 Å². The van der Waals surface area contributed by atoms with Crippen LogP contribution < -0.4 is 0 Å². The standard InChI is InChI=1S/C29H39N/c1-6-9-16-29(17-10-7-2)25-19-21(4)12-14-23(25)28-27(29)24-15-13-22(5)20-26(24)30(28)18-11-8-3/h12-15,19-20H,6-11,16-18H2,1-5H3. The first-order valence-electron chi connectivity index (χ1n) is 12.3. The summed E-state index contributed by atoms with van der Waals surface area (Å²) in [5.74, 6) is 0. The molecule has 30 heavy (non-hydrogen) atoms. The van der Waals surface area contributed by atoms with Crippen molar-refractivity contribution in [2.45, 2.75) is 97.9 Å². The van der Waals surface area contributed by atoms with Gasteiger partial charge in [0.25, 0.3) is 0 Å². The van der Waals surface area contributed by atoms with Gasteiger partial charge < -0.3 is 4.57 Å². The van der Waals surface area contributed by atoms with Gasteiger partial charge in [-0.2, -0.15) is 0 Å². The summed E-state index contributed by atoms with van der Waals surface area (Å²) in [7, 11) is 0. The molecule has 4 rings (SSSR count). The molecular formula is C29H39N. The van der Waals surface area contributed by atoms with Crippen LogP contribution in [0.4, 0.5) is 0 Å². The largest absolute Gasteiger partial charge is 0.340 e. The van der Waals surface area contributed by atoms with Crippen LogP contribution in [0.3, 0.4) is 0 Å². The minimum atomic E-state index is 0.174. The fourth-order valence-electron chi connectivity index (χ4n) is 5.77. The predicted molar refractivity (Wildman–Crippen MR) is 132 cm³/mol. The Morgan fingerprint density at radius 2 is 1.40 bits per heavy atom. The van der Waals surface area contributed by atoms with E-state index < -0.39 is 0 Å². The Morgan fingerprint density at radius 1 is 0.767 bits per heavy atom. The van der Waals surface area contributed by atoms with E-state index in [1.54, 1.807) is 11.1 Å². The Hall–Kier alpha value is -2.02. The number of benzene rings is 2. The molecule has 0 fully saturated rings. The summed E-state index contributed by atoms with van der Waals surface area (Å²) in [6.45, 7) is 12.6. The number of rotatable bonds is 9. The van der Waals surface area contributed by atoms with E-state index in [1.807, 2.05) is 0 Å². The highest BCUT2D eigenvalue weighted by Gasteiger charge is 2.45. The van der Waals surface area contributed by atoms with Gasteiger partial charge in [-0.15, -0.1) is 0 Å². The van der Waals surface area contributed by atoms with Crippen LogP contribution in [-0.4, -0.2) is 4.57 Å². The van der Waals surface area contributed by atoms with E-state index in [0.717, 1.165) is 6.54 Å². The molecule has 3 aromatic rings. The highest BCUT2D eigenvalue weighted by Crippen LogP contribution is 2.57. The van der Waals surface area contributed by atoms with Gasteiger partial charge >= 0.3 is 0 Å².